The van der Waals surface area contributed by atoms with E-state index in [0.29, 0.717) is 11.9 Å². The van der Waals surface area contributed by atoms with E-state index < -0.39 is 0 Å². The van der Waals surface area contributed by atoms with Crippen LogP contribution < -0.4 is 5.32 Å². The number of rotatable bonds is 4. The third-order valence-corrected chi connectivity index (χ3v) is 3.06. The van der Waals surface area contributed by atoms with E-state index in [-0.39, 0.29) is 6.04 Å². The van der Waals surface area contributed by atoms with Crippen LogP contribution in [0.2, 0.25) is 0 Å². The van der Waals surface area contributed by atoms with Gasteiger partial charge < -0.3 is 9.84 Å². The standard InChI is InChI=1S/C11H19N3O/c1-3-10(11-12-8(2)15-14-11)13-9-6-4-5-7-9/h9-10,13H,3-7H2,1-2H3. The summed E-state index contributed by atoms with van der Waals surface area (Å²) in [5.41, 5.74) is 0. The molecule has 0 amide bonds. The Bertz CT molecular complexity index is 305. The van der Waals surface area contributed by atoms with Gasteiger partial charge in [0.25, 0.3) is 0 Å². The first-order valence-corrected chi connectivity index (χ1v) is 5.86. The first-order chi connectivity index (χ1) is 7.29. The molecule has 0 radical (unpaired) electrons. The van der Waals surface area contributed by atoms with E-state index in [1.54, 1.807) is 0 Å². The number of hydrogen-bond acceptors (Lipinski definition) is 4. The molecule has 0 aliphatic heterocycles. The van der Waals surface area contributed by atoms with Gasteiger partial charge >= 0.3 is 0 Å². The fourth-order valence-electron chi connectivity index (χ4n) is 2.21. The SMILES string of the molecule is CCC(NC1CCCC1)c1noc(C)n1. The van der Waals surface area contributed by atoms with Crippen LogP contribution >= 0.6 is 0 Å². The Morgan fingerprint density at radius 2 is 2.20 bits per heavy atom. The molecule has 1 aromatic rings. The van der Waals surface area contributed by atoms with Crippen molar-refractivity contribution in [3.05, 3.63) is 11.7 Å². The monoisotopic (exact) mass is 209 g/mol. The van der Waals surface area contributed by atoms with Crippen molar-refractivity contribution in [3.8, 4) is 0 Å². The average Bonchev–Trinajstić information content (AvgIpc) is 2.85. The zero-order chi connectivity index (χ0) is 10.7. The lowest BCUT2D eigenvalue weighted by atomic mass is 10.1. The number of hydrogen-bond donors (Lipinski definition) is 1. The Hall–Kier alpha value is -0.900. The Kier molecular flexibility index (Phi) is 3.36. The molecule has 0 spiro atoms. The summed E-state index contributed by atoms with van der Waals surface area (Å²) in [6, 6.07) is 0.902. The van der Waals surface area contributed by atoms with Gasteiger partial charge in [0.15, 0.2) is 5.82 Å². The van der Waals surface area contributed by atoms with Crippen molar-refractivity contribution in [1.82, 2.24) is 15.5 Å². The van der Waals surface area contributed by atoms with E-state index in [9.17, 15) is 0 Å². The number of nitrogens with zero attached hydrogens (tertiary/aromatic N) is 2. The van der Waals surface area contributed by atoms with Crippen LogP contribution in [0.3, 0.4) is 0 Å². The van der Waals surface area contributed by atoms with Gasteiger partial charge in [0, 0.05) is 13.0 Å². The number of aryl methyl sites for hydroxylation is 1. The van der Waals surface area contributed by atoms with Gasteiger partial charge in [0.2, 0.25) is 5.89 Å². The van der Waals surface area contributed by atoms with Gasteiger partial charge in [-0.15, -0.1) is 0 Å². The minimum absolute atomic E-state index is 0.255. The summed E-state index contributed by atoms with van der Waals surface area (Å²) in [5, 5.41) is 7.59. The maximum atomic E-state index is 5.01. The van der Waals surface area contributed by atoms with Crippen LogP contribution in [0.15, 0.2) is 4.52 Å². The van der Waals surface area contributed by atoms with Gasteiger partial charge in [0.1, 0.15) is 0 Å². The average molecular weight is 209 g/mol. The molecule has 1 saturated carbocycles. The van der Waals surface area contributed by atoms with Crippen molar-refractivity contribution >= 4 is 0 Å². The third-order valence-electron chi connectivity index (χ3n) is 3.06. The van der Waals surface area contributed by atoms with E-state index in [1.807, 2.05) is 6.92 Å². The summed E-state index contributed by atoms with van der Waals surface area (Å²) < 4.78 is 5.01. The van der Waals surface area contributed by atoms with Gasteiger partial charge in [-0.05, 0) is 19.3 Å². The Labute approximate surface area is 90.4 Å². The highest BCUT2D eigenvalue weighted by molar-refractivity contribution is 4.94. The van der Waals surface area contributed by atoms with Gasteiger partial charge in [-0.1, -0.05) is 24.9 Å². The maximum absolute atomic E-state index is 5.01. The van der Waals surface area contributed by atoms with E-state index in [4.69, 9.17) is 4.52 Å². The Balaban J connectivity index is 1.97. The van der Waals surface area contributed by atoms with Crippen LogP contribution in [-0.2, 0) is 0 Å². The predicted molar refractivity (Wildman–Crippen MR) is 57.5 cm³/mol. The van der Waals surface area contributed by atoms with E-state index in [1.165, 1.54) is 25.7 Å². The number of nitrogens with one attached hydrogen (secondary N) is 1. The highest BCUT2D eigenvalue weighted by atomic mass is 16.5. The quantitative estimate of drug-likeness (QED) is 0.827. The lowest BCUT2D eigenvalue weighted by molar-refractivity contribution is 0.363. The molecule has 15 heavy (non-hydrogen) atoms. The van der Waals surface area contributed by atoms with Crippen molar-refractivity contribution in [3.63, 3.8) is 0 Å². The lowest BCUT2D eigenvalue weighted by Gasteiger charge is -2.18. The molecule has 1 unspecified atom stereocenters. The molecule has 4 heteroatoms. The molecule has 0 aromatic carbocycles. The van der Waals surface area contributed by atoms with Crippen molar-refractivity contribution in [2.45, 2.75) is 58.0 Å². The minimum atomic E-state index is 0.255. The Morgan fingerprint density at radius 3 is 2.73 bits per heavy atom. The van der Waals surface area contributed by atoms with Crippen LogP contribution in [0.5, 0.6) is 0 Å². The smallest absolute Gasteiger partial charge is 0.223 e. The first kappa shape index (κ1) is 10.6. The molecule has 2 rings (SSSR count). The highest BCUT2D eigenvalue weighted by Gasteiger charge is 2.21. The molecule has 4 nitrogen and oxygen atoms in total. The zero-order valence-electron chi connectivity index (χ0n) is 9.49. The van der Waals surface area contributed by atoms with Crippen molar-refractivity contribution in [2.75, 3.05) is 0 Å². The van der Waals surface area contributed by atoms with E-state index in [0.717, 1.165) is 12.2 Å². The van der Waals surface area contributed by atoms with Crippen molar-refractivity contribution < 1.29 is 4.52 Å². The van der Waals surface area contributed by atoms with Crippen molar-refractivity contribution in [1.29, 1.82) is 0 Å². The molecule has 1 atom stereocenters. The molecular weight excluding hydrogens is 190 g/mol. The van der Waals surface area contributed by atoms with Gasteiger partial charge in [-0.25, -0.2) is 0 Å². The second-order valence-electron chi connectivity index (χ2n) is 4.28. The summed E-state index contributed by atoms with van der Waals surface area (Å²) in [6.45, 7) is 3.98. The van der Waals surface area contributed by atoms with Crippen LogP contribution in [0.4, 0.5) is 0 Å². The molecule has 1 N–H and O–H groups in total. The third kappa shape index (κ3) is 2.56. The molecule has 1 fully saturated rings. The molecule has 0 bridgehead atoms. The summed E-state index contributed by atoms with van der Waals surface area (Å²) >= 11 is 0. The number of aromatic nitrogens is 2. The van der Waals surface area contributed by atoms with Gasteiger partial charge in [-0.3, -0.25) is 0 Å². The van der Waals surface area contributed by atoms with Crippen LogP contribution in [0, 0.1) is 6.92 Å². The fraction of sp³-hybridized carbons (Fsp3) is 0.818. The molecule has 0 saturated heterocycles. The van der Waals surface area contributed by atoms with Gasteiger partial charge in [0.05, 0.1) is 6.04 Å². The van der Waals surface area contributed by atoms with E-state index >= 15 is 0 Å². The fourth-order valence-corrected chi connectivity index (χ4v) is 2.21. The zero-order valence-corrected chi connectivity index (χ0v) is 9.49. The molecule has 1 aliphatic carbocycles. The highest BCUT2D eigenvalue weighted by Crippen LogP contribution is 2.22. The van der Waals surface area contributed by atoms with Crippen LogP contribution in [0.25, 0.3) is 0 Å². The van der Waals surface area contributed by atoms with Gasteiger partial charge in [-0.2, -0.15) is 4.98 Å². The first-order valence-electron chi connectivity index (χ1n) is 5.86. The largest absolute Gasteiger partial charge is 0.340 e. The lowest BCUT2D eigenvalue weighted by Crippen LogP contribution is -2.30. The molecule has 84 valence electrons. The molecule has 1 aromatic heterocycles. The Morgan fingerprint density at radius 1 is 1.47 bits per heavy atom. The van der Waals surface area contributed by atoms with E-state index in [2.05, 4.69) is 22.4 Å². The minimum Gasteiger partial charge on any atom is -0.340 e. The second kappa shape index (κ2) is 4.75. The maximum Gasteiger partial charge on any atom is 0.223 e. The molecule has 1 heterocycles. The van der Waals surface area contributed by atoms with Crippen LogP contribution in [-0.4, -0.2) is 16.2 Å². The summed E-state index contributed by atoms with van der Waals surface area (Å²) in [5.74, 6) is 1.46. The predicted octanol–water partition coefficient (Wildman–Crippen LogP) is 2.36. The summed E-state index contributed by atoms with van der Waals surface area (Å²) in [6.07, 6.45) is 6.27. The molecule has 1 aliphatic rings. The van der Waals surface area contributed by atoms with Crippen LogP contribution in [0.1, 0.15) is 56.8 Å². The molecular formula is C11H19N3O. The van der Waals surface area contributed by atoms with Crippen molar-refractivity contribution in [2.24, 2.45) is 0 Å². The second-order valence-corrected chi connectivity index (χ2v) is 4.28. The summed E-state index contributed by atoms with van der Waals surface area (Å²) in [7, 11) is 0. The summed E-state index contributed by atoms with van der Waals surface area (Å²) in [4.78, 5) is 4.28. The normalized spacial score (nSPS) is 19.6. The topological polar surface area (TPSA) is 51.0 Å².